The third kappa shape index (κ3) is 6.00. The predicted molar refractivity (Wildman–Crippen MR) is 148 cm³/mol. The molecule has 1 saturated heterocycles. The minimum atomic E-state index is 0.386. The van der Waals surface area contributed by atoms with Crippen LogP contribution in [-0.2, 0) is 19.5 Å². The summed E-state index contributed by atoms with van der Waals surface area (Å²) in [5.41, 5.74) is 14.5. The SMILES string of the molecule is Cc1cc(C2=CSC(=NC3CCN(Cc4ccccc4)CC3)NN2)c(C)n1CCc1ccccc1. The molecule has 0 spiro atoms. The third-order valence-electron chi connectivity index (χ3n) is 7.03. The summed E-state index contributed by atoms with van der Waals surface area (Å²) < 4.78 is 2.42. The van der Waals surface area contributed by atoms with E-state index < -0.39 is 0 Å². The molecule has 0 unspecified atom stereocenters. The Morgan fingerprint density at radius 3 is 2.26 bits per heavy atom. The summed E-state index contributed by atoms with van der Waals surface area (Å²) in [5, 5.41) is 3.16. The van der Waals surface area contributed by atoms with Crippen LogP contribution in [0.5, 0.6) is 0 Å². The molecule has 2 aromatic carbocycles. The highest BCUT2D eigenvalue weighted by Gasteiger charge is 2.21. The van der Waals surface area contributed by atoms with Crippen LogP contribution in [0.25, 0.3) is 5.70 Å². The van der Waals surface area contributed by atoms with Crippen LogP contribution in [0, 0.1) is 13.8 Å². The molecule has 3 aromatic rings. The normalized spacial score (nSPS) is 18.2. The Balaban J connectivity index is 1.16. The Kier molecular flexibility index (Phi) is 7.60. The maximum Gasteiger partial charge on any atom is 0.180 e. The summed E-state index contributed by atoms with van der Waals surface area (Å²) in [6.07, 6.45) is 3.26. The monoisotopic (exact) mass is 485 g/mol. The summed E-state index contributed by atoms with van der Waals surface area (Å²) in [7, 11) is 0. The molecule has 0 amide bonds. The van der Waals surface area contributed by atoms with Gasteiger partial charge in [-0.05, 0) is 50.3 Å². The van der Waals surface area contributed by atoms with Crippen LogP contribution < -0.4 is 10.9 Å². The van der Waals surface area contributed by atoms with Gasteiger partial charge in [-0.25, -0.2) is 0 Å². The lowest BCUT2D eigenvalue weighted by Gasteiger charge is -2.31. The molecule has 0 bridgehead atoms. The number of likely N-dealkylation sites (tertiary alicyclic amines) is 1. The second-order valence-corrected chi connectivity index (χ2v) is 10.4. The number of aliphatic imine (C=N–C) groups is 1. The molecular weight excluding hydrogens is 450 g/mol. The van der Waals surface area contributed by atoms with E-state index in [0.717, 1.165) is 56.3 Å². The van der Waals surface area contributed by atoms with Crippen LogP contribution >= 0.6 is 11.8 Å². The van der Waals surface area contributed by atoms with Gasteiger partial charge < -0.3 is 4.57 Å². The fraction of sp³-hybridized carbons (Fsp3) is 0.345. The number of benzene rings is 2. The third-order valence-corrected chi connectivity index (χ3v) is 7.81. The molecule has 3 heterocycles. The number of aromatic nitrogens is 1. The predicted octanol–water partition coefficient (Wildman–Crippen LogP) is 5.51. The minimum absolute atomic E-state index is 0.386. The van der Waals surface area contributed by atoms with E-state index in [1.54, 1.807) is 11.8 Å². The molecule has 5 nitrogen and oxygen atoms in total. The zero-order chi connectivity index (χ0) is 24.0. The Bertz CT molecular complexity index is 1170. The Morgan fingerprint density at radius 2 is 1.60 bits per heavy atom. The van der Waals surface area contributed by atoms with E-state index in [2.05, 4.69) is 106 Å². The molecule has 2 N–H and O–H groups in total. The molecule has 0 aliphatic carbocycles. The number of hydrazine groups is 1. The van der Waals surface area contributed by atoms with Crippen molar-refractivity contribution in [2.24, 2.45) is 4.99 Å². The second-order valence-electron chi connectivity index (χ2n) is 9.50. The number of nitrogens with zero attached hydrogens (tertiary/aromatic N) is 3. The van der Waals surface area contributed by atoms with Crippen molar-refractivity contribution in [3.8, 4) is 0 Å². The van der Waals surface area contributed by atoms with E-state index >= 15 is 0 Å². The van der Waals surface area contributed by atoms with Gasteiger partial charge in [-0.15, -0.1) is 0 Å². The van der Waals surface area contributed by atoms with Gasteiger partial charge in [0.25, 0.3) is 0 Å². The average molecular weight is 486 g/mol. The zero-order valence-corrected chi connectivity index (χ0v) is 21.5. The first-order valence-corrected chi connectivity index (χ1v) is 13.5. The van der Waals surface area contributed by atoms with Crippen LogP contribution in [0.4, 0.5) is 0 Å². The summed E-state index contributed by atoms with van der Waals surface area (Å²) in [4.78, 5) is 7.54. The largest absolute Gasteiger partial charge is 0.348 e. The quantitative estimate of drug-likeness (QED) is 0.463. The molecule has 182 valence electrons. The fourth-order valence-electron chi connectivity index (χ4n) is 5.01. The van der Waals surface area contributed by atoms with Crippen molar-refractivity contribution in [2.75, 3.05) is 13.1 Å². The van der Waals surface area contributed by atoms with Crippen LogP contribution in [0.1, 0.15) is 40.9 Å². The number of amidine groups is 1. The lowest BCUT2D eigenvalue weighted by atomic mass is 10.0. The van der Waals surface area contributed by atoms with Gasteiger partial charge >= 0.3 is 0 Å². The number of rotatable bonds is 7. The Hall–Kier alpha value is -2.96. The van der Waals surface area contributed by atoms with Crippen molar-refractivity contribution in [2.45, 2.75) is 52.2 Å². The van der Waals surface area contributed by atoms with Crippen molar-refractivity contribution in [1.29, 1.82) is 0 Å². The highest BCUT2D eigenvalue weighted by Crippen LogP contribution is 2.27. The zero-order valence-electron chi connectivity index (χ0n) is 20.7. The molecule has 6 heteroatoms. The van der Waals surface area contributed by atoms with Gasteiger partial charge in [-0.3, -0.25) is 20.7 Å². The van der Waals surface area contributed by atoms with Gasteiger partial charge in [-0.2, -0.15) is 0 Å². The van der Waals surface area contributed by atoms with Gasteiger partial charge in [0.2, 0.25) is 0 Å². The highest BCUT2D eigenvalue weighted by atomic mass is 32.2. The molecule has 1 fully saturated rings. The Labute approximate surface area is 213 Å². The number of aryl methyl sites for hydroxylation is 2. The maximum atomic E-state index is 5.00. The molecule has 0 radical (unpaired) electrons. The van der Waals surface area contributed by atoms with Crippen molar-refractivity contribution < 1.29 is 0 Å². The summed E-state index contributed by atoms with van der Waals surface area (Å²) in [6.45, 7) is 8.64. The van der Waals surface area contributed by atoms with Gasteiger partial charge in [0.15, 0.2) is 5.17 Å². The molecule has 2 aliphatic heterocycles. The van der Waals surface area contributed by atoms with Crippen molar-refractivity contribution in [1.82, 2.24) is 20.3 Å². The first-order valence-electron chi connectivity index (χ1n) is 12.6. The number of nitrogens with one attached hydrogen (secondary N) is 2. The standard InChI is InChI=1S/C29H35N5S/c1-22-19-27(23(2)34(22)18-13-24-9-5-3-6-10-24)28-21-35-29(32-31-28)30-26-14-16-33(17-15-26)20-25-11-7-4-8-12-25/h3-12,19,21,26,31H,13-18,20H2,1-2H3,(H,30,32). The number of hydrogen-bond donors (Lipinski definition) is 2. The van der Waals surface area contributed by atoms with Gasteiger partial charge in [-0.1, -0.05) is 72.4 Å². The molecule has 0 saturated carbocycles. The van der Waals surface area contributed by atoms with E-state index in [1.165, 1.54) is 28.1 Å². The lowest BCUT2D eigenvalue weighted by molar-refractivity contribution is 0.206. The number of thioether (sulfide) groups is 1. The molecule has 2 aliphatic rings. The average Bonchev–Trinajstić information content (AvgIpc) is 3.18. The van der Waals surface area contributed by atoms with Gasteiger partial charge in [0, 0.05) is 48.5 Å². The molecule has 0 atom stereocenters. The minimum Gasteiger partial charge on any atom is -0.348 e. The first-order chi connectivity index (χ1) is 17.2. The van der Waals surface area contributed by atoms with E-state index in [0.29, 0.717) is 6.04 Å². The Morgan fingerprint density at radius 1 is 0.914 bits per heavy atom. The topological polar surface area (TPSA) is 44.6 Å². The van der Waals surface area contributed by atoms with Crippen LogP contribution in [-0.4, -0.2) is 33.8 Å². The highest BCUT2D eigenvalue weighted by molar-refractivity contribution is 8.16. The summed E-state index contributed by atoms with van der Waals surface area (Å²) in [5.74, 6) is 0. The fourth-order valence-corrected chi connectivity index (χ4v) is 5.74. The van der Waals surface area contributed by atoms with Gasteiger partial charge in [0.1, 0.15) is 0 Å². The molecule has 5 rings (SSSR count). The van der Waals surface area contributed by atoms with E-state index in [-0.39, 0.29) is 0 Å². The van der Waals surface area contributed by atoms with Crippen LogP contribution in [0.15, 0.2) is 77.1 Å². The molecule has 1 aromatic heterocycles. The number of hydrogen-bond acceptors (Lipinski definition) is 4. The van der Waals surface area contributed by atoms with Crippen molar-refractivity contribution >= 4 is 22.6 Å². The summed E-state index contributed by atoms with van der Waals surface area (Å²) in [6, 6.07) is 24.1. The smallest absolute Gasteiger partial charge is 0.180 e. The van der Waals surface area contributed by atoms with Crippen molar-refractivity contribution in [3.63, 3.8) is 0 Å². The molecular formula is C29H35N5S. The first kappa shape index (κ1) is 23.8. The van der Waals surface area contributed by atoms with E-state index in [4.69, 9.17) is 4.99 Å². The van der Waals surface area contributed by atoms with E-state index in [9.17, 15) is 0 Å². The van der Waals surface area contributed by atoms with E-state index in [1.807, 2.05) is 0 Å². The van der Waals surface area contributed by atoms with Crippen LogP contribution in [0.3, 0.4) is 0 Å². The second kappa shape index (κ2) is 11.2. The van der Waals surface area contributed by atoms with Crippen LogP contribution in [0.2, 0.25) is 0 Å². The number of piperidine rings is 1. The van der Waals surface area contributed by atoms with Crippen molar-refractivity contribution in [3.05, 3.63) is 100 Å². The maximum absolute atomic E-state index is 5.00. The summed E-state index contributed by atoms with van der Waals surface area (Å²) >= 11 is 1.69. The van der Waals surface area contributed by atoms with Gasteiger partial charge in [0.05, 0.1) is 11.7 Å². The molecule has 35 heavy (non-hydrogen) atoms. The lowest BCUT2D eigenvalue weighted by Crippen LogP contribution is -2.39.